The molecule has 6 nitrogen and oxygen atoms in total. The highest BCUT2D eigenvalue weighted by Gasteiger charge is 2.19. The van der Waals surface area contributed by atoms with E-state index in [0.29, 0.717) is 17.0 Å². The molecule has 0 aliphatic carbocycles. The van der Waals surface area contributed by atoms with Crippen molar-refractivity contribution in [3.8, 4) is 5.75 Å². The zero-order chi connectivity index (χ0) is 17.8. The Morgan fingerprint density at radius 3 is 2.56 bits per heavy atom. The van der Waals surface area contributed by atoms with Crippen LogP contribution in [0.25, 0.3) is 0 Å². The number of fused-ring (bicyclic) bond motifs is 1. The van der Waals surface area contributed by atoms with Gasteiger partial charge in [0.2, 0.25) is 0 Å². The standard InChI is InChI=1S/C19H17NO5/c1-2-12-3-5-13(6-4-12)16(21)10-25-19(23)14-7-8-17-15(9-14)20-18(22)11-24-17/h3-9H,2,10-11H2,1H3,(H,20,22). The van der Waals surface area contributed by atoms with Crippen molar-refractivity contribution in [3.63, 3.8) is 0 Å². The number of hydrogen-bond acceptors (Lipinski definition) is 5. The van der Waals surface area contributed by atoms with Crippen LogP contribution in [0.15, 0.2) is 42.5 Å². The molecule has 2 aromatic rings. The van der Waals surface area contributed by atoms with Gasteiger partial charge in [0.25, 0.3) is 5.91 Å². The Bertz CT molecular complexity index is 826. The van der Waals surface area contributed by atoms with Crippen molar-refractivity contribution in [2.24, 2.45) is 0 Å². The van der Waals surface area contributed by atoms with E-state index in [0.717, 1.165) is 12.0 Å². The lowest BCUT2D eigenvalue weighted by molar-refractivity contribution is -0.118. The Hall–Kier alpha value is -3.15. The third kappa shape index (κ3) is 3.85. The van der Waals surface area contributed by atoms with Gasteiger partial charge in [-0.05, 0) is 30.2 Å². The molecule has 0 spiro atoms. The summed E-state index contributed by atoms with van der Waals surface area (Å²) in [5.74, 6) is -0.710. The molecule has 1 heterocycles. The van der Waals surface area contributed by atoms with Crippen LogP contribution in [-0.2, 0) is 16.0 Å². The number of ketones is 1. The lowest BCUT2D eigenvalue weighted by atomic mass is 10.1. The summed E-state index contributed by atoms with van der Waals surface area (Å²) in [6, 6.07) is 11.8. The van der Waals surface area contributed by atoms with Crippen molar-refractivity contribution in [3.05, 3.63) is 59.2 Å². The molecule has 0 atom stereocenters. The fourth-order valence-electron chi connectivity index (χ4n) is 2.43. The maximum absolute atomic E-state index is 12.1. The summed E-state index contributed by atoms with van der Waals surface area (Å²) in [6.45, 7) is 1.64. The van der Waals surface area contributed by atoms with Gasteiger partial charge in [0.15, 0.2) is 19.0 Å². The number of esters is 1. The predicted molar refractivity (Wildman–Crippen MR) is 91.0 cm³/mol. The molecule has 1 aliphatic rings. The Kier molecular flexibility index (Phi) is 4.79. The van der Waals surface area contributed by atoms with Crippen molar-refractivity contribution >= 4 is 23.3 Å². The van der Waals surface area contributed by atoms with Gasteiger partial charge in [0.05, 0.1) is 11.3 Å². The van der Waals surface area contributed by atoms with Gasteiger partial charge in [-0.1, -0.05) is 31.2 Å². The average molecular weight is 339 g/mol. The summed E-state index contributed by atoms with van der Waals surface area (Å²) in [5, 5.41) is 2.62. The highest BCUT2D eigenvalue weighted by molar-refractivity contribution is 6.01. The highest BCUT2D eigenvalue weighted by Crippen LogP contribution is 2.28. The molecule has 0 unspecified atom stereocenters. The molecule has 0 fully saturated rings. The SMILES string of the molecule is CCc1ccc(C(=O)COC(=O)c2ccc3c(c2)NC(=O)CO3)cc1. The van der Waals surface area contributed by atoms with Gasteiger partial charge in [-0.2, -0.15) is 0 Å². The van der Waals surface area contributed by atoms with Crippen LogP contribution in [0.4, 0.5) is 5.69 Å². The van der Waals surface area contributed by atoms with Gasteiger partial charge in [-0.15, -0.1) is 0 Å². The van der Waals surface area contributed by atoms with Crippen LogP contribution in [0.1, 0.15) is 33.2 Å². The number of rotatable bonds is 5. The zero-order valence-electron chi connectivity index (χ0n) is 13.7. The monoisotopic (exact) mass is 339 g/mol. The number of hydrogen-bond donors (Lipinski definition) is 1. The maximum Gasteiger partial charge on any atom is 0.338 e. The van der Waals surface area contributed by atoms with E-state index >= 15 is 0 Å². The minimum atomic E-state index is -0.638. The van der Waals surface area contributed by atoms with Gasteiger partial charge in [0.1, 0.15) is 5.75 Å². The molecule has 128 valence electrons. The second kappa shape index (κ2) is 7.17. The molecule has 1 aliphatic heterocycles. The van der Waals surface area contributed by atoms with E-state index in [1.54, 1.807) is 18.2 Å². The van der Waals surface area contributed by atoms with E-state index < -0.39 is 5.97 Å². The molecule has 0 saturated heterocycles. The van der Waals surface area contributed by atoms with Crippen LogP contribution in [-0.4, -0.2) is 30.9 Å². The first-order valence-electron chi connectivity index (χ1n) is 7.93. The zero-order valence-corrected chi connectivity index (χ0v) is 13.7. The molecule has 6 heteroatoms. The van der Waals surface area contributed by atoms with Crippen molar-refractivity contribution < 1.29 is 23.9 Å². The second-order valence-corrected chi connectivity index (χ2v) is 5.60. The van der Waals surface area contributed by atoms with E-state index in [1.807, 2.05) is 19.1 Å². The summed E-state index contributed by atoms with van der Waals surface area (Å²) in [6.07, 6.45) is 0.891. The number of anilines is 1. The fourth-order valence-corrected chi connectivity index (χ4v) is 2.43. The first-order chi connectivity index (χ1) is 12.1. The van der Waals surface area contributed by atoms with Crippen LogP contribution in [0.3, 0.4) is 0 Å². The lowest BCUT2D eigenvalue weighted by Crippen LogP contribution is -2.25. The van der Waals surface area contributed by atoms with Crippen LogP contribution in [0.5, 0.6) is 5.75 Å². The van der Waals surface area contributed by atoms with Gasteiger partial charge in [-0.25, -0.2) is 4.79 Å². The van der Waals surface area contributed by atoms with Gasteiger partial charge in [0, 0.05) is 5.56 Å². The average Bonchev–Trinajstić information content (AvgIpc) is 2.65. The molecule has 0 aromatic heterocycles. The molecule has 1 N–H and O–H groups in total. The topological polar surface area (TPSA) is 81.7 Å². The van der Waals surface area contributed by atoms with E-state index in [2.05, 4.69) is 5.32 Å². The van der Waals surface area contributed by atoms with Crippen molar-refractivity contribution in [2.45, 2.75) is 13.3 Å². The molecule has 0 bridgehead atoms. The molecule has 0 radical (unpaired) electrons. The van der Waals surface area contributed by atoms with Crippen molar-refractivity contribution in [2.75, 3.05) is 18.5 Å². The van der Waals surface area contributed by atoms with Gasteiger partial charge in [-0.3, -0.25) is 9.59 Å². The molecular weight excluding hydrogens is 322 g/mol. The summed E-state index contributed by atoms with van der Waals surface area (Å²) in [4.78, 5) is 35.5. The summed E-state index contributed by atoms with van der Waals surface area (Å²) < 4.78 is 10.3. The summed E-state index contributed by atoms with van der Waals surface area (Å²) in [5.41, 5.74) is 2.27. The van der Waals surface area contributed by atoms with Crippen LogP contribution in [0.2, 0.25) is 0 Å². The predicted octanol–water partition coefficient (Wildman–Crippen LogP) is 2.62. The van der Waals surface area contributed by atoms with Crippen molar-refractivity contribution in [1.29, 1.82) is 0 Å². The maximum atomic E-state index is 12.1. The molecular formula is C19H17NO5. The number of carbonyl (C=O) groups excluding carboxylic acids is 3. The summed E-state index contributed by atoms with van der Waals surface area (Å²) in [7, 11) is 0. The largest absolute Gasteiger partial charge is 0.482 e. The number of benzene rings is 2. The minimum Gasteiger partial charge on any atom is -0.482 e. The molecule has 0 saturated carbocycles. The normalized spacial score (nSPS) is 12.6. The Labute approximate surface area is 144 Å². The quantitative estimate of drug-likeness (QED) is 0.669. The molecule has 2 aromatic carbocycles. The van der Waals surface area contributed by atoms with Crippen LogP contribution >= 0.6 is 0 Å². The number of nitrogens with one attached hydrogen (secondary N) is 1. The van der Waals surface area contributed by atoms with Crippen LogP contribution < -0.4 is 10.1 Å². The molecule has 3 rings (SSSR count). The third-order valence-electron chi connectivity index (χ3n) is 3.87. The highest BCUT2D eigenvalue weighted by atomic mass is 16.5. The minimum absolute atomic E-state index is 0.0535. The Morgan fingerprint density at radius 2 is 1.84 bits per heavy atom. The van der Waals surface area contributed by atoms with E-state index in [4.69, 9.17) is 9.47 Å². The lowest BCUT2D eigenvalue weighted by Gasteiger charge is -2.18. The fraction of sp³-hybridized carbons (Fsp3) is 0.211. The first kappa shape index (κ1) is 16.7. The van der Waals surface area contributed by atoms with E-state index in [9.17, 15) is 14.4 Å². The number of amides is 1. The number of carbonyl (C=O) groups is 3. The first-order valence-corrected chi connectivity index (χ1v) is 7.93. The number of ether oxygens (including phenoxy) is 2. The smallest absolute Gasteiger partial charge is 0.338 e. The van der Waals surface area contributed by atoms with Crippen LogP contribution in [0, 0.1) is 0 Å². The second-order valence-electron chi connectivity index (χ2n) is 5.60. The van der Waals surface area contributed by atoms with E-state index in [-0.39, 0.29) is 30.5 Å². The Balaban J connectivity index is 1.63. The summed E-state index contributed by atoms with van der Waals surface area (Å²) >= 11 is 0. The molecule has 1 amide bonds. The number of aryl methyl sites for hydroxylation is 1. The van der Waals surface area contributed by atoms with Crippen molar-refractivity contribution in [1.82, 2.24) is 0 Å². The number of Topliss-reactive ketones (excluding diaryl/α,β-unsaturated/α-hetero) is 1. The van der Waals surface area contributed by atoms with Gasteiger partial charge < -0.3 is 14.8 Å². The Morgan fingerprint density at radius 1 is 1.12 bits per heavy atom. The third-order valence-corrected chi connectivity index (χ3v) is 3.87. The van der Waals surface area contributed by atoms with Gasteiger partial charge >= 0.3 is 5.97 Å². The van der Waals surface area contributed by atoms with E-state index in [1.165, 1.54) is 12.1 Å². The molecule has 25 heavy (non-hydrogen) atoms.